The summed E-state index contributed by atoms with van der Waals surface area (Å²) in [5.74, 6) is -0.974. The summed E-state index contributed by atoms with van der Waals surface area (Å²) in [6, 6.07) is 3.17. The largest absolute Gasteiger partial charge is 0.481 e. The lowest BCUT2D eigenvalue weighted by molar-refractivity contribution is -0.139. The van der Waals surface area contributed by atoms with Gasteiger partial charge in [0.15, 0.2) is 0 Å². The molecule has 7 heteroatoms. The molecule has 1 aliphatic rings. The van der Waals surface area contributed by atoms with Crippen molar-refractivity contribution in [3.05, 3.63) is 17.5 Å². The fraction of sp³-hybridized carbons (Fsp3) is 0.500. The zero-order valence-electron chi connectivity index (χ0n) is 9.05. The van der Waals surface area contributed by atoms with Crippen molar-refractivity contribution in [2.45, 2.75) is 35.4 Å². The lowest BCUT2D eigenvalue weighted by Gasteiger charge is -2.40. The van der Waals surface area contributed by atoms with Gasteiger partial charge in [0, 0.05) is 5.54 Å². The predicted molar refractivity (Wildman–Crippen MR) is 63.5 cm³/mol. The summed E-state index contributed by atoms with van der Waals surface area (Å²) in [6.07, 6.45) is 1.88. The molecule has 0 bridgehead atoms. The van der Waals surface area contributed by atoms with Gasteiger partial charge in [-0.15, -0.1) is 11.3 Å². The van der Waals surface area contributed by atoms with Gasteiger partial charge in [-0.05, 0) is 30.7 Å². The van der Waals surface area contributed by atoms with E-state index in [9.17, 15) is 13.2 Å². The molecule has 94 valence electrons. The fourth-order valence-corrected chi connectivity index (χ4v) is 4.41. The standard InChI is InChI=1S/C10H13NO4S2/c12-8(13)7-10(4-2-5-10)11-17(14,15)9-3-1-6-16-9/h1,3,6,11H,2,4-5,7H2,(H,12,13). The molecule has 1 aromatic rings. The van der Waals surface area contributed by atoms with Crippen LogP contribution in [0.25, 0.3) is 0 Å². The Kier molecular flexibility index (Phi) is 3.24. The summed E-state index contributed by atoms with van der Waals surface area (Å²) in [7, 11) is -3.58. The van der Waals surface area contributed by atoms with Crippen LogP contribution in [0.1, 0.15) is 25.7 Å². The number of rotatable bonds is 5. The summed E-state index contributed by atoms with van der Waals surface area (Å²) in [6.45, 7) is 0. The maximum absolute atomic E-state index is 12.0. The molecule has 1 saturated carbocycles. The molecule has 0 aromatic carbocycles. The molecular formula is C10H13NO4S2. The first-order valence-electron chi connectivity index (χ1n) is 5.23. The summed E-state index contributed by atoms with van der Waals surface area (Å²) < 4.78 is 26.8. The highest BCUT2D eigenvalue weighted by molar-refractivity contribution is 7.91. The summed E-state index contributed by atoms with van der Waals surface area (Å²) in [4.78, 5) is 10.7. The normalized spacial score (nSPS) is 18.6. The van der Waals surface area contributed by atoms with E-state index in [4.69, 9.17) is 5.11 Å². The third-order valence-corrected chi connectivity index (χ3v) is 5.89. The van der Waals surface area contributed by atoms with Gasteiger partial charge in [-0.25, -0.2) is 13.1 Å². The van der Waals surface area contributed by atoms with Crippen LogP contribution in [0, 0.1) is 0 Å². The van der Waals surface area contributed by atoms with E-state index >= 15 is 0 Å². The second kappa shape index (κ2) is 4.40. The van der Waals surface area contributed by atoms with Crippen LogP contribution in [0.15, 0.2) is 21.7 Å². The maximum Gasteiger partial charge on any atom is 0.305 e. The Hall–Kier alpha value is -0.920. The van der Waals surface area contributed by atoms with Crippen molar-refractivity contribution in [2.24, 2.45) is 0 Å². The number of carboxylic acids is 1. The topological polar surface area (TPSA) is 83.5 Å². The molecule has 1 fully saturated rings. The number of aliphatic carboxylic acids is 1. The van der Waals surface area contributed by atoms with E-state index < -0.39 is 21.5 Å². The summed E-state index contributed by atoms with van der Waals surface area (Å²) in [5.41, 5.74) is -0.783. The highest BCUT2D eigenvalue weighted by atomic mass is 32.2. The van der Waals surface area contributed by atoms with Gasteiger partial charge in [-0.1, -0.05) is 6.07 Å². The first kappa shape index (κ1) is 12.5. The maximum atomic E-state index is 12.0. The van der Waals surface area contributed by atoms with Crippen LogP contribution in [0.5, 0.6) is 0 Å². The molecule has 0 radical (unpaired) electrons. The monoisotopic (exact) mass is 275 g/mol. The van der Waals surface area contributed by atoms with Crippen LogP contribution in [0.3, 0.4) is 0 Å². The van der Waals surface area contributed by atoms with Gasteiger partial charge in [0.25, 0.3) is 10.0 Å². The third-order valence-electron chi connectivity index (χ3n) is 2.91. The number of carboxylic acid groups (broad SMARTS) is 1. The lowest BCUT2D eigenvalue weighted by Crippen LogP contribution is -2.54. The van der Waals surface area contributed by atoms with Crippen LogP contribution in [-0.4, -0.2) is 25.0 Å². The van der Waals surface area contributed by atoms with Gasteiger partial charge in [-0.2, -0.15) is 0 Å². The average molecular weight is 275 g/mol. The Morgan fingerprint density at radius 2 is 2.24 bits per heavy atom. The molecular weight excluding hydrogens is 262 g/mol. The van der Waals surface area contributed by atoms with Gasteiger partial charge in [-0.3, -0.25) is 4.79 Å². The number of carbonyl (C=O) groups is 1. The van der Waals surface area contributed by atoms with E-state index in [0.29, 0.717) is 12.8 Å². The van der Waals surface area contributed by atoms with Crippen LogP contribution >= 0.6 is 11.3 Å². The Morgan fingerprint density at radius 3 is 2.65 bits per heavy atom. The van der Waals surface area contributed by atoms with E-state index in [2.05, 4.69) is 4.72 Å². The molecule has 0 amide bonds. The lowest BCUT2D eigenvalue weighted by atomic mass is 9.75. The van der Waals surface area contributed by atoms with Gasteiger partial charge >= 0.3 is 5.97 Å². The van der Waals surface area contributed by atoms with E-state index in [-0.39, 0.29) is 10.6 Å². The molecule has 17 heavy (non-hydrogen) atoms. The summed E-state index contributed by atoms with van der Waals surface area (Å²) >= 11 is 1.13. The molecule has 0 unspecified atom stereocenters. The molecule has 1 aliphatic carbocycles. The zero-order valence-corrected chi connectivity index (χ0v) is 10.7. The minimum absolute atomic E-state index is 0.155. The van der Waals surface area contributed by atoms with Crippen molar-refractivity contribution >= 4 is 27.3 Å². The first-order chi connectivity index (χ1) is 7.94. The van der Waals surface area contributed by atoms with Gasteiger partial charge in [0.05, 0.1) is 6.42 Å². The van der Waals surface area contributed by atoms with Gasteiger partial charge in [0.2, 0.25) is 0 Å². The van der Waals surface area contributed by atoms with Crippen LogP contribution in [0.4, 0.5) is 0 Å². The number of nitrogens with one attached hydrogen (secondary N) is 1. The minimum Gasteiger partial charge on any atom is -0.481 e. The molecule has 1 aromatic heterocycles. The van der Waals surface area contributed by atoms with E-state index in [1.165, 1.54) is 6.07 Å². The van der Waals surface area contributed by atoms with Crippen molar-refractivity contribution < 1.29 is 18.3 Å². The molecule has 1 heterocycles. The van der Waals surface area contributed by atoms with E-state index in [0.717, 1.165) is 17.8 Å². The second-order valence-electron chi connectivity index (χ2n) is 4.24. The number of hydrogen-bond donors (Lipinski definition) is 2. The highest BCUT2D eigenvalue weighted by Gasteiger charge is 2.42. The molecule has 0 aliphatic heterocycles. The van der Waals surface area contributed by atoms with Crippen molar-refractivity contribution in [3.63, 3.8) is 0 Å². The molecule has 0 spiro atoms. The Labute approximate surface area is 104 Å². The van der Waals surface area contributed by atoms with Crippen molar-refractivity contribution in [1.82, 2.24) is 4.72 Å². The Morgan fingerprint density at radius 1 is 1.53 bits per heavy atom. The molecule has 0 saturated heterocycles. The van der Waals surface area contributed by atoms with Crippen molar-refractivity contribution in [2.75, 3.05) is 0 Å². The predicted octanol–water partition coefficient (Wildman–Crippen LogP) is 1.42. The average Bonchev–Trinajstić information content (AvgIpc) is 2.66. The van der Waals surface area contributed by atoms with Crippen molar-refractivity contribution in [1.29, 1.82) is 0 Å². The summed E-state index contributed by atoms with van der Waals surface area (Å²) in [5, 5.41) is 10.5. The van der Waals surface area contributed by atoms with Crippen LogP contribution in [-0.2, 0) is 14.8 Å². The van der Waals surface area contributed by atoms with E-state index in [1.807, 2.05) is 0 Å². The highest BCUT2D eigenvalue weighted by Crippen LogP contribution is 2.36. The first-order valence-corrected chi connectivity index (χ1v) is 7.59. The second-order valence-corrected chi connectivity index (χ2v) is 7.10. The van der Waals surface area contributed by atoms with Crippen LogP contribution < -0.4 is 4.72 Å². The smallest absolute Gasteiger partial charge is 0.305 e. The Balaban J connectivity index is 2.17. The van der Waals surface area contributed by atoms with E-state index in [1.54, 1.807) is 11.4 Å². The number of hydrogen-bond acceptors (Lipinski definition) is 4. The van der Waals surface area contributed by atoms with Gasteiger partial charge < -0.3 is 5.11 Å². The number of sulfonamides is 1. The third kappa shape index (κ3) is 2.67. The van der Waals surface area contributed by atoms with Crippen molar-refractivity contribution in [3.8, 4) is 0 Å². The fourth-order valence-electron chi connectivity index (χ4n) is 1.96. The minimum atomic E-state index is -3.58. The molecule has 2 rings (SSSR count). The zero-order chi connectivity index (χ0) is 12.5. The molecule has 2 N–H and O–H groups in total. The molecule has 5 nitrogen and oxygen atoms in total. The van der Waals surface area contributed by atoms with Gasteiger partial charge in [0.1, 0.15) is 4.21 Å². The van der Waals surface area contributed by atoms with Crippen LogP contribution in [0.2, 0.25) is 0 Å². The molecule has 0 atom stereocenters. The Bertz CT molecular complexity index is 502. The SMILES string of the molecule is O=C(O)CC1(NS(=O)(=O)c2cccs2)CCC1. The number of thiophene rings is 1. The quantitative estimate of drug-likeness (QED) is 0.851.